The molecule has 1 aliphatic carbocycles. The molecular formula is C22H24N2O6S. The molecule has 1 fully saturated rings. The van der Waals surface area contributed by atoms with Crippen molar-refractivity contribution in [3.8, 4) is 11.5 Å². The van der Waals surface area contributed by atoms with Gasteiger partial charge in [-0.1, -0.05) is 6.07 Å². The van der Waals surface area contributed by atoms with E-state index in [-0.39, 0.29) is 30.4 Å². The molecule has 0 spiro atoms. The van der Waals surface area contributed by atoms with Crippen molar-refractivity contribution in [2.45, 2.75) is 39.2 Å². The number of ether oxygens (including phenoxy) is 2. The zero-order valence-electron chi connectivity index (χ0n) is 17.1. The van der Waals surface area contributed by atoms with E-state index in [0.29, 0.717) is 54.3 Å². The van der Waals surface area contributed by atoms with Crippen LogP contribution in [0.3, 0.4) is 0 Å². The maximum absolute atomic E-state index is 12.8. The van der Waals surface area contributed by atoms with Crippen molar-refractivity contribution in [3.63, 3.8) is 0 Å². The Labute approximate surface area is 183 Å². The second-order valence-electron chi connectivity index (χ2n) is 7.85. The van der Waals surface area contributed by atoms with Crippen molar-refractivity contribution in [2.75, 3.05) is 12.1 Å². The lowest BCUT2D eigenvalue weighted by Crippen LogP contribution is -2.30. The Morgan fingerprint density at radius 1 is 1.06 bits per heavy atom. The number of carbonyl (C=O) groups excluding carboxylic acids is 2. The van der Waals surface area contributed by atoms with E-state index in [9.17, 15) is 14.4 Å². The predicted molar refractivity (Wildman–Crippen MR) is 115 cm³/mol. The Balaban J connectivity index is 1.37. The highest BCUT2D eigenvalue weighted by atomic mass is 32.1. The van der Waals surface area contributed by atoms with Gasteiger partial charge >= 0.3 is 5.97 Å². The number of thiophene rings is 1. The average molecular weight is 445 g/mol. The highest BCUT2D eigenvalue weighted by Crippen LogP contribution is 2.34. The standard InChI is InChI=1S/C22H24N2O6S/c1-12-8-16(20(26)23-10-13-2-7-17-18(9-13)30-11-29-17)21(31-12)24-19(25)14-3-5-15(6-4-14)22(27)28/h2,7-9,14-15H,3-6,10-11H2,1H3,(H,23,26)(H,24,25)(H,27,28). The second kappa shape index (κ2) is 8.97. The molecular weight excluding hydrogens is 420 g/mol. The number of carboxylic acid groups (broad SMARTS) is 1. The molecule has 0 atom stereocenters. The molecule has 2 aromatic rings. The van der Waals surface area contributed by atoms with Crippen LogP contribution in [0.1, 0.15) is 46.5 Å². The van der Waals surface area contributed by atoms with Crippen LogP contribution in [0, 0.1) is 18.8 Å². The number of hydrogen-bond donors (Lipinski definition) is 3. The first-order chi connectivity index (χ1) is 14.9. The lowest BCUT2D eigenvalue weighted by Gasteiger charge is -2.25. The molecule has 0 unspecified atom stereocenters. The van der Waals surface area contributed by atoms with Crippen LogP contribution in [0.5, 0.6) is 11.5 Å². The SMILES string of the molecule is Cc1cc(C(=O)NCc2ccc3c(c2)OCO3)c(NC(=O)C2CCC(C(=O)O)CC2)s1. The summed E-state index contributed by atoms with van der Waals surface area (Å²) in [5.41, 5.74) is 1.31. The van der Waals surface area contributed by atoms with Gasteiger partial charge in [-0.25, -0.2) is 0 Å². The summed E-state index contributed by atoms with van der Waals surface area (Å²) in [7, 11) is 0. The van der Waals surface area contributed by atoms with Crippen LogP contribution in [0.25, 0.3) is 0 Å². The van der Waals surface area contributed by atoms with E-state index in [0.717, 1.165) is 10.4 Å². The first kappa shape index (κ1) is 21.2. The molecule has 3 N–H and O–H groups in total. The number of fused-ring (bicyclic) bond motifs is 1. The van der Waals surface area contributed by atoms with Crippen LogP contribution in [0.15, 0.2) is 24.3 Å². The molecule has 0 radical (unpaired) electrons. The van der Waals surface area contributed by atoms with Gasteiger partial charge in [0.25, 0.3) is 5.91 Å². The zero-order valence-corrected chi connectivity index (χ0v) is 17.9. The number of rotatable bonds is 6. The van der Waals surface area contributed by atoms with Crippen LogP contribution in [-0.2, 0) is 16.1 Å². The number of carbonyl (C=O) groups is 3. The minimum Gasteiger partial charge on any atom is -0.481 e. The maximum Gasteiger partial charge on any atom is 0.306 e. The van der Waals surface area contributed by atoms with E-state index < -0.39 is 5.97 Å². The van der Waals surface area contributed by atoms with Crippen molar-refractivity contribution in [3.05, 3.63) is 40.3 Å². The fourth-order valence-corrected chi connectivity index (χ4v) is 4.83. The Morgan fingerprint density at radius 2 is 1.77 bits per heavy atom. The molecule has 2 aliphatic rings. The van der Waals surface area contributed by atoms with E-state index in [2.05, 4.69) is 10.6 Å². The number of nitrogens with one attached hydrogen (secondary N) is 2. The quantitative estimate of drug-likeness (QED) is 0.628. The fraction of sp³-hybridized carbons (Fsp3) is 0.409. The van der Waals surface area contributed by atoms with E-state index in [1.54, 1.807) is 6.07 Å². The number of amides is 2. The molecule has 0 bridgehead atoms. The van der Waals surface area contributed by atoms with Crippen molar-refractivity contribution in [2.24, 2.45) is 11.8 Å². The lowest BCUT2D eigenvalue weighted by molar-refractivity contribution is -0.143. The number of anilines is 1. The molecule has 1 aromatic carbocycles. The van der Waals surface area contributed by atoms with Crippen molar-refractivity contribution >= 4 is 34.1 Å². The van der Waals surface area contributed by atoms with E-state index in [1.807, 2.05) is 25.1 Å². The van der Waals surface area contributed by atoms with Gasteiger partial charge < -0.3 is 25.2 Å². The van der Waals surface area contributed by atoms with E-state index >= 15 is 0 Å². The summed E-state index contributed by atoms with van der Waals surface area (Å²) in [6.07, 6.45) is 2.08. The van der Waals surface area contributed by atoms with Crippen molar-refractivity contribution in [1.82, 2.24) is 5.32 Å². The van der Waals surface area contributed by atoms with E-state index in [1.165, 1.54) is 11.3 Å². The normalized spacial score (nSPS) is 19.6. The molecule has 2 heterocycles. The van der Waals surface area contributed by atoms with Crippen LogP contribution in [0.2, 0.25) is 0 Å². The molecule has 31 heavy (non-hydrogen) atoms. The summed E-state index contributed by atoms with van der Waals surface area (Å²) in [5.74, 6) is -0.487. The third kappa shape index (κ3) is 4.82. The topological polar surface area (TPSA) is 114 Å². The molecule has 2 amide bonds. The van der Waals surface area contributed by atoms with Gasteiger partial charge in [0.05, 0.1) is 11.5 Å². The van der Waals surface area contributed by atoms with Gasteiger partial charge in [-0.05, 0) is 56.4 Å². The van der Waals surface area contributed by atoms with Crippen molar-refractivity contribution < 1.29 is 29.0 Å². The molecule has 164 valence electrons. The molecule has 4 rings (SSSR count). The average Bonchev–Trinajstić information content (AvgIpc) is 3.37. The highest BCUT2D eigenvalue weighted by Gasteiger charge is 2.30. The summed E-state index contributed by atoms with van der Waals surface area (Å²) in [6, 6.07) is 7.26. The summed E-state index contributed by atoms with van der Waals surface area (Å²) >= 11 is 1.36. The van der Waals surface area contributed by atoms with Gasteiger partial charge in [0.1, 0.15) is 5.00 Å². The Hall–Kier alpha value is -3.07. The number of benzene rings is 1. The number of carboxylic acids is 1. The van der Waals surface area contributed by atoms with Gasteiger partial charge in [0, 0.05) is 17.3 Å². The highest BCUT2D eigenvalue weighted by molar-refractivity contribution is 7.16. The Bertz CT molecular complexity index is 1010. The molecule has 1 aromatic heterocycles. The fourth-order valence-electron chi connectivity index (χ4n) is 3.92. The van der Waals surface area contributed by atoms with Gasteiger partial charge in [-0.15, -0.1) is 11.3 Å². The van der Waals surface area contributed by atoms with Gasteiger partial charge in [-0.2, -0.15) is 0 Å². The second-order valence-corrected chi connectivity index (χ2v) is 9.10. The summed E-state index contributed by atoms with van der Waals surface area (Å²) in [6.45, 7) is 2.39. The summed E-state index contributed by atoms with van der Waals surface area (Å²) in [4.78, 5) is 37.5. The smallest absolute Gasteiger partial charge is 0.306 e. The Morgan fingerprint density at radius 3 is 2.52 bits per heavy atom. The summed E-state index contributed by atoms with van der Waals surface area (Å²) in [5, 5.41) is 15.4. The lowest BCUT2D eigenvalue weighted by atomic mass is 9.81. The largest absolute Gasteiger partial charge is 0.481 e. The molecule has 0 saturated heterocycles. The third-order valence-electron chi connectivity index (χ3n) is 5.67. The minimum absolute atomic E-state index is 0.157. The molecule has 9 heteroatoms. The minimum atomic E-state index is -0.797. The van der Waals surface area contributed by atoms with Crippen LogP contribution >= 0.6 is 11.3 Å². The van der Waals surface area contributed by atoms with Gasteiger partial charge in [0.15, 0.2) is 11.5 Å². The number of aryl methyl sites for hydroxylation is 1. The van der Waals surface area contributed by atoms with Crippen molar-refractivity contribution in [1.29, 1.82) is 0 Å². The first-order valence-corrected chi connectivity index (χ1v) is 11.0. The van der Waals surface area contributed by atoms with Crippen LogP contribution in [0.4, 0.5) is 5.00 Å². The Kier molecular flexibility index (Phi) is 6.13. The molecule has 1 saturated carbocycles. The zero-order chi connectivity index (χ0) is 22.0. The predicted octanol–water partition coefficient (Wildman–Crippen LogP) is 3.54. The summed E-state index contributed by atoms with van der Waals surface area (Å²) < 4.78 is 10.7. The molecule has 1 aliphatic heterocycles. The monoisotopic (exact) mass is 444 g/mol. The first-order valence-electron chi connectivity index (χ1n) is 10.2. The van der Waals surface area contributed by atoms with Crippen LogP contribution < -0.4 is 20.1 Å². The molecule has 8 nitrogen and oxygen atoms in total. The van der Waals surface area contributed by atoms with Crippen LogP contribution in [-0.4, -0.2) is 29.7 Å². The number of hydrogen-bond acceptors (Lipinski definition) is 6. The van der Waals surface area contributed by atoms with Gasteiger partial charge in [0.2, 0.25) is 12.7 Å². The third-order valence-corrected chi connectivity index (χ3v) is 6.64. The number of aliphatic carboxylic acids is 1. The van der Waals surface area contributed by atoms with E-state index in [4.69, 9.17) is 14.6 Å². The maximum atomic E-state index is 12.8. The van der Waals surface area contributed by atoms with Gasteiger partial charge in [-0.3, -0.25) is 14.4 Å².